The summed E-state index contributed by atoms with van der Waals surface area (Å²) in [6.07, 6.45) is 16.2. The molecule has 1 rings (SSSR count). The van der Waals surface area contributed by atoms with E-state index in [0.717, 1.165) is 38.5 Å². The molecule has 170 valence electrons. The van der Waals surface area contributed by atoms with E-state index in [9.17, 15) is 9.59 Å². The van der Waals surface area contributed by atoms with E-state index in [-0.39, 0.29) is 11.6 Å². The number of ketones is 2. The number of carbonyl (C=O) groups excluding carboxylic acids is 2. The molecule has 0 bridgehead atoms. The SMILES string of the molecule is CC(C)=CCCC(C)=CCCC(C)=CCC/C(C)=C/CC1=C(C)C(=O)C(C)=C(C)C1=O. The molecule has 1 aliphatic rings. The zero-order chi connectivity index (χ0) is 23.6. The standard InChI is InChI=1S/C29H42O2/c1-20(2)12-9-13-21(3)14-10-15-22(4)16-11-17-23(5)18-19-27-26(8)28(30)24(6)25(7)29(27)31/h12,14,16,18H,9-11,13,15,17,19H2,1-8H3/b21-14?,22-16?,23-18+. The van der Waals surface area contributed by atoms with Gasteiger partial charge in [-0.1, -0.05) is 46.6 Å². The van der Waals surface area contributed by atoms with Gasteiger partial charge in [-0.25, -0.2) is 0 Å². The summed E-state index contributed by atoms with van der Waals surface area (Å²) in [5.74, 6) is 0.0385. The van der Waals surface area contributed by atoms with Crippen LogP contribution < -0.4 is 0 Å². The molecule has 0 aliphatic heterocycles. The fourth-order valence-electron chi connectivity index (χ4n) is 3.66. The van der Waals surface area contributed by atoms with E-state index in [1.165, 1.54) is 22.3 Å². The van der Waals surface area contributed by atoms with Crippen LogP contribution in [0.2, 0.25) is 0 Å². The average Bonchev–Trinajstić information content (AvgIpc) is 2.70. The Kier molecular flexibility index (Phi) is 11.5. The highest BCUT2D eigenvalue weighted by molar-refractivity contribution is 6.24. The number of hydrogen-bond donors (Lipinski definition) is 0. The van der Waals surface area contributed by atoms with Crippen molar-refractivity contribution < 1.29 is 9.59 Å². The first-order valence-electron chi connectivity index (χ1n) is 11.6. The van der Waals surface area contributed by atoms with Crippen LogP contribution in [-0.4, -0.2) is 11.6 Å². The van der Waals surface area contributed by atoms with Gasteiger partial charge in [0.2, 0.25) is 0 Å². The molecule has 0 spiro atoms. The zero-order valence-electron chi connectivity index (χ0n) is 21.1. The van der Waals surface area contributed by atoms with Crippen molar-refractivity contribution in [2.45, 2.75) is 100 Å². The van der Waals surface area contributed by atoms with E-state index in [1.54, 1.807) is 20.8 Å². The smallest absolute Gasteiger partial charge is 0.185 e. The molecule has 31 heavy (non-hydrogen) atoms. The maximum absolute atomic E-state index is 12.5. The maximum Gasteiger partial charge on any atom is 0.185 e. The van der Waals surface area contributed by atoms with E-state index in [2.05, 4.69) is 58.9 Å². The van der Waals surface area contributed by atoms with Gasteiger partial charge < -0.3 is 0 Å². The molecule has 0 aromatic carbocycles. The van der Waals surface area contributed by atoms with Crippen molar-refractivity contribution in [1.29, 1.82) is 0 Å². The van der Waals surface area contributed by atoms with Gasteiger partial charge in [-0.2, -0.15) is 0 Å². The number of rotatable bonds is 11. The van der Waals surface area contributed by atoms with Crippen LogP contribution in [0.3, 0.4) is 0 Å². The van der Waals surface area contributed by atoms with Gasteiger partial charge in [0, 0.05) is 22.3 Å². The third-order valence-corrected chi connectivity index (χ3v) is 6.12. The molecule has 0 fully saturated rings. The number of allylic oxidation sites excluding steroid dienone is 12. The molecule has 0 radical (unpaired) electrons. The second kappa shape index (κ2) is 13.2. The molecule has 2 nitrogen and oxygen atoms in total. The van der Waals surface area contributed by atoms with Crippen LogP contribution in [0, 0.1) is 0 Å². The van der Waals surface area contributed by atoms with Crippen LogP contribution in [0.15, 0.2) is 68.9 Å². The third-order valence-electron chi connectivity index (χ3n) is 6.12. The van der Waals surface area contributed by atoms with E-state index < -0.39 is 0 Å². The summed E-state index contributed by atoms with van der Waals surface area (Å²) in [7, 11) is 0. The van der Waals surface area contributed by atoms with Gasteiger partial charge in [-0.3, -0.25) is 9.59 Å². The molecular weight excluding hydrogens is 380 g/mol. The molecule has 0 atom stereocenters. The Morgan fingerprint density at radius 1 is 0.581 bits per heavy atom. The van der Waals surface area contributed by atoms with Gasteiger partial charge in [-0.15, -0.1) is 0 Å². The van der Waals surface area contributed by atoms with Crippen LogP contribution >= 0.6 is 0 Å². The van der Waals surface area contributed by atoms with Crippen molar-refractivity contribution in [1.82, 2.24) is 0 Å². The monoisotopic (exact) mass is 422 g/mol. The predicted octanol–water partition coefficient (Wildman–Crippen LogP) is 8.33. The van der Waals surface area contributed by atoms with E-state index >= 15 is 0 Å². The fourth-order valence-corrected chi connectivity index (χ4v) is 3.66. The summed E-state index contributed by atoms with van der Waals surface area (Å²) < 4.78 is 0. The third kappa shape index (κ3) is 9.21. The van der Waals surface area contributed by atoms with E-state index in [0.29, 0.717) is 28.7 Å². The minimum atomic E-state index is 0.0120. The van der Waals surface area contributed by atoms with Crippen molar-refractivity contribution in [3.8, 4) is 0 Å². The van der Waals surface area contributed by atoms with Crippen molar-refractivity contribution >= 4 is 11.6 Å². The first kappa shape index (κ1) is 26.8. The number of carbonyl (C=O) groups is 2. The molecule has 0 unspecified atom stereocenters. The Balaban J connectivity index is 2.48. The summed E-state index contributed by atoms with van der Waals surface area (Å²) >= 11 is 0. The van der Waals surface area contributed by atoms with Gasteiger partial charge >= 0.3 is 0 Å². The van der Waals surface area contributed by atoms with Gasteiger partial charge in [0.25, 0.3) is 0 Å². The summed E-state index contributed by atoms with van der Waals surface area (Å²) in [5.41, 5.74) is 8.02. The van der Waals surface area contributed by atoms with Crippen LogP contribution in [0.5, 0.6) is 0 Å². The molecule has 0 aromatic heterocycles. The molecule has 0 N–H and O–H groups in total. The van der Waals surface area contributed by atoms with E-state index in [1.807, 2.05) is 0 Å². The van der Waals surface area contributed by atoms with Crippen LogP contribution in [0.1, 0.15) is 100 Å². The molecule has 0 saturated carbocycles. The molecule has 0 saturated heterocycles. The Morgan fingerprint density at radius 3 is 1.48 bits per heavy atom. The van der Waals surface area contributed by atoms with Gasteiger partial charge in [0.15, 0.2) is 11.6 Å². The predicted molar refractivity (Wildman–Crippen MR) is 134 cm³/mol. The fraction of sp³-hybridized carbons (Fsp3) is 0.517. The van der Waals surface area contributed by atoms with Crippen molar-refractivity contribution in [2.75, 3.05) is 0 Å². The quantitative estimate of drug-likeness (QED) is 0.248. The first-order valence-corrected chi connectivity index (χ1v) is 11.6. The number of hydrogen-bond acceptors (Lipinski definition) is 2. The lowest BCUT2D eigenvalue weighted by Gasteiger charge is -2.17. The summed E-state index contributed by atoms with van der Waals surface area (Å²) in [4.78, 5) is 24.8. The van der Waals surface area contributed by atoms with E-state index in [4.69, 9.17) is 0 Å². The highest BCUT2D eigenvalue weighted by Gasteiger charge is 2.26. The largest absolute Gasteiger partial charge is 0.289 e. The highest BCUT2D eigenvalue weighted by Crippen LogP contribution is 2.27. The normalized spacial score (nSPS) is 16.5. The van der Waals surface area contributed by atoms with Crippen LogP contribution in [0.4, 0.5) is 0 Å². The topological polar surface area (TPSA) is 34.1 Å². The Labute approximate surface area is 190 Å². The molecular formula is C29H42O2. The Hall–Kier alpha value is -2.22. The second-order valence-corrected chi connectivity index (χ2v) is 9.26. The molecule has 0 amide bonds. The highest BCUT2D eigenvalue weighted by atomic mass is 16.1. The van der Waals surface area contributed by atoms with Gasteiger partial charge in [0.05, 0.1) is 0 Å². The van der Waals surface area contributed by atoms with Gasteiger partial charge in [-0.05, 0) is 100 Å². The molecule has 0 aromatic rings. The van der Waals surface area contributed by atoms with Crippen LogP contribution in [-0.2, 0) is 9.59 Å². The second-order valence-electron chi connectivity index (χ2n) is 9.26. The summed E-state index contributed by atoms with van der Waals surface area (Å²) in [6.45, 7) is 16.1. The Bertz CT molecular complexity index is 862. The molecule has 0 heterocycles. The molecule has 2 heteroatoms. The van der Waals surface area contributed by atoms with Gasteiger partial charge in [0.1, 0.15) is 0 Å². The number of Topliss-reactive ketones (excluding diaryl/α,β-unsaturated/α-hetero) is 2. The average molecular weight is 423 g/mol. The minimum Gasteiger partial charge on any atom is -0.289 e. The lowest BCUT2D eigenvalue weighted by Crippen LogP contribution is -2.20. The lowest BCUT2D eigenvalue weighted by atomic mass is 9.84. The van der Waals surface area contributed by atoms with Crippen LogP contribution in [0.25, 0.3) is 0 Å². The van der Waals surface area contributed by atoms with Crippen molar-refractivity contribution in [2.24, 2.45) is 0 Å². The maximum atomic E-state index is 12.5. The summed E-state index contributed by atoms with van der Waals surface area (Å²) in [6, 6.07) is 0. The first-order chi connectivity index (χ1) is 14.5. The zero-order valence-corrected chi connectivity index (χ0v) is 21.1. The minimum absolute atomic E-state index is 0.0120. The Morgan fingerprint density at radius 2 is 1.00 bits per heavy atom. The lowest BCUT2D eigenvalue weighted by molar-refractivity contribution is -0.116. The van der Waals surface area contributed by atoms with Crippen molar-refractivity contribution in [3.63, 3.8) is 0 Å². The van der Waals surface area contributed by atoms with Crippen molar-refractivity contribution in [3.05, 3.63) is 68.9 Å². The summed E-state index contributed by atoms with van der Waals surface area (Å²) in [5, 5.41) is 0. The molecule has 1 aliphatic carbocycles.